The van der Waals surface area contributed by atoms with Crippen LogP contribution >= 0.6 is 23.2 Å². The highest BCUT2D eigenvalue weighted by Crippen LogP contribution is 2.40. The van der Waals surface area contributed by atoms with Gasteiger partial charge in [0, 0.05) is 12.3 Å². The smallest absolute Gasteiger partial charge is 0.331 e. The van der Waals surface area contributed by atoms with Crippen LogP contribution < -0.4 is 14.8 Å². The van der Waals surface area contributed by atoms with Gasteiger partial charge in [-0.25, -0.2) is 9.78 Å². The SMILES string of the molecule is C[C@H](OC(=O)/C=C/c1cc(Cl)c2c(c1)OCO2)C(=O)Nc1ccc(Cl)cn1. The van der Waals surface area contributed by atoms with Gasteiger partial charge in [-0.15, -0.1) is 0 Å². The number of benzene rings is 1. The van der Waals surface area contributed by atoms with Gasteiger partial charge in [0.25, 0.3) is 5.91 Å². The second-order valence-electron chi connectivity index (χ2n) is 5.50. The molecule has 0 fully saturated rings. The average Bonchev–Trinajstić information content (AvgIpc) is 3.11. The molecule has 0 saturated carbocycles. The average molecular weight is 409 g/mol. The Morgan fingerprint density at radius 3 is 2.85 bits per heavy atom. The Hall–Kier alpha value is -2.77. The van der Waals surface area contributed by atoms with Gasteiger partial charge in [0.05, 0.1) is 10.0 Å². The van der Waals surface area contributed by atoms with E-state index in [9.17, 15) is 9.59 Å². The predicted octanol–water partition coefficient (Wildman–Crippen LogP) is 3.70. The van der Waals surface area contributed by atoms with Crippen LogP contribution in [0.25, 0.3) is 6.08 Å². The summed E-state index contributed by atoms with van der Waals surface area (Å²) in [5.41, 5.74) is 0.628. The van der Waals surface area contributed by atoms with Crippen molar-refractivity contribution in [2.24, 2.45) is 0 Å². The van der Waals surface area contributed by atoms with Crippen molar-refractivity contribution in [1.29, 1.82) is 0 Å². The van der Waals surface area contributed by atoms with E-state index >= 15 is 0 Å². The molecule has 1 atom stereocenters. The molecule has 140 valence electrons. The number of rotatable bonds is 5. The van der Waals surface area contributed by atoms with Crippen LogP contribution in [0.2, 0.25) is 10.0 Å². The summed E-state index contributed by atoms with van der Waals surface area (Å²) < 4.78 is 15.6. The summed E-state index contributed by atoms with van der Waals surface area (Å²) in [5, 5.41) is 3.35. The van der Waals surface area contributed by atoms with Gasteiger partial charge in [-0.05, 0) is 42.8 Å². The van der Waals surface area contributed by atoms with Crippen LogP contribution in [0.3, 0.4) is 0 Å². The molecule has 2 heterocycles. The van der Waals surface area contributed by atoms with Gasteiger partial charge < -0.3 is 19.5 Å². The van der Waals surface area contributed by atoms with Crippen molar-refractivity contribution in [3.8, 4) is 11.5 Å². The van der Waals surface area contributed by atoms with Crippen LogP contribution in [0, 0.1) is 0 Å². The fourth-order valence-corrected chi connectivity index (χ4v) is 2.58. The van der Waals surface area contributed by atoms with Crippen molar-refractivity contribution in [1.82, 2.24) is 4.98 Å². The van der Waals surface area contributed by atoms with Gasteiger partial charge in [-0.3, -0.25) is 4.79 Å². The Labute approximate surface area is 164 Å². The summed E-state index contributed by atoms with van der Waals surface area (Å²) in [6.07, 6.45) is 3.08. The van der Waals surface area contributed by atoms with Crippen molar-refractivity contribution in [2.45, 2.75) is 13.0 Å². The van der Waals surface area contributed by atoms with Crippen molar-refractivity contribution < 1.29 is 23.8 Å². The van der Waals surface area contributed by atoms with Crippen LogP contribution in [0.5, 0.6) is 11.5 Å². The van der Waals surface area contributed by atoms with E-state index < -0.39 is 18.0 Å². The fraction of sp³-hybridized carbons (Fsp3) is 0.167. The highest BCUT2D eigenvalue weighted by atomic mass is 35.5. The van der Waals surface area contributed by atoms with Gasteiger partial charge in [0.2, 0.25) is 6.79 Å². The van der Waals surface area contributed by atoms with Gasteiger partial charge >= 0.3 is 5.97 Å². The Morgan fingerprint density at radius 1 is 1.30 bits per heavy atom. The van der Waals surface area contributed by atoms with E-state index in [1.54, 1.807) is 18.2 Å². The van der Waals surface area contributed by atoms with E-state index in [0.29, 0.717) is 32.9 Å². The summed E-state index contributed by atoms with van der Waals surface area (Å²) in [6, 6.07) is 6.43. The first-order chi connectivity index (χ1) is 12.9. The first-order valence-corrected chi connectivity index (χ1v) is 8.58. The third kappa shape index (κ3) is 4.90. The lowest BCUT2D eigenvalue weighted by atomic mass is 10.2. The molecule has 27 heavy (non-hydrogen) atoms. The van der Waals surface area contributed by atoms with Gasteiger partial charge in [0.15, 0.2) is 17.6 Å². The molecular formula is C18H14Cl2N2O5. The molecule has 0 spiro atoms. The zero-order valence-electron chi connectivity index (χ0n) is 14.1. The summed E-state index contributed by atoms with van der Waals surface area (Å²) in [4.78, 5) is 27.9. The van der Waals surface area contributed by atoms with Gasteiger partial charge in [-0.2, -0.15) is 0 Å². The maximum atomic E-state index is 12.0. The Bertz CT molecular complexity index is 899. The van der Waals surface area contributed by atoms with E-state index in [2.05, 4.69) is 10.3 Å². The van der Waals surface area contributed by atoms with Crippen molar-refractivity contribution >= 4 is 47.0 Å². The maximum absolute atomic E-state index is 12.0. The topological polar surface area (TPSA) is 86.8 Å². The lowest BCUT2D eigenvalue weighted by Gasteiger charge is -2.11. The molecule has 0 bridgehead atoms. The number of aromatic nitrogens is 1. The first-order valence-electron chi connectivity index (χ1n) is 7.82. The quantitative estimate of drug-likeness (QED) is 0.599. The molecule has 1 aromatic heterocycles. The van der Waals surface area contributed by atoms with Crippen LogP contribution in [0.1, 0.15) is 12.5 Å². The van der Waals surface area contributed by atoms with Crippen molar-refractivity contribution in [3.05, 3.63) is 52.1 Å². The molecule has 1 aromatic carbocycles. The number of amides is 1. The van der Waals surface area contributed by atoms with Crippen LogP contribution in [0.15, 0.2) is 36.5 Å². The monoisotopic (exact) mass is 408 g/mol. The molecule has 1 amide bonds. The molecule has 0 unspecified atom stereocenters. The second-order valence-corrected chi connectivity index (χ2v) is 6.34. The van der Waals surface area contributed by atoms with Gasteiger partial charge in [0.1, 0.15) is 5.82 Å². The molecule has 1 aliphatic rings. The molecule has 1 N–H and O–H groups in total. The number of fused-ring (bicyclic) bond motifs is 1. The van der Waals surface area contributed by atoms with Crippen LogP contribution in [-0.2, 0) is 14.3 Å². The van der Waals surface area contributed by atoms with Crippen molar-refractivity contribution in [2.75, 3.05) is 12.1 Å². The number of pyridine rings is 1. The number of carbonyl (C=O) groups is 2. The molecule has 1 aliphatic heterocycles. The third-order valence-corrected chi connectivity index (χ3v) is 4.01. The number of nitrogens with zero attached hydrogens (tertiary/aromatic N) is 1. The number of anilines is 1. The molecule has 0 radical (unpaired) electrons. The zero-order valence-corrected chi connectivity index (χ0v) is 15.6. The second kappa shape index (κ2) is 8.28. The molecule has 0 saturated heterocycles. The predicted molar refractivity (Wildman–Crippen MR) is 100 cm³/mol. The number of hydrogen-bond donors (Lipinski definition) is 1. The standard InChI is InChI=1S/C18H14Cl2N2O5/c1-10(18(24)22-15-4-3-12(19)8-21-15)27-16(23)5-2-11-6-13(20)17-14(7-11)25-9-26-17/h2-8,10H,9H2,1H3,(H,21,22,24)/b5-2+/t10-/m0/s1. The van der Waals surface area contributed by atoms with E-state index in [-0.39, 0.29) is 6.79 Å². The highest BCUT2D eigenvalue weighted by molar-refractivity contribution is 6.32. The number of carbonyl (C=O) groups excluding carboxylic acids is 2. The normalized spacial score (nSPS) is 13.4. The molecule has 7 nitrogen and oxygen atoms in total. The largest absolute Gasteiger partial charge is 0.454 e. The molecular weight excluding hydrogens is 395 g/mol. The summed E-state index contributed by atoms with van der Waals surface area (Å²) >= 11 is 11.8. The number of halogens is 2. The van der Waals surface area contributed by atoms with E-state index in [1.807, 2.05) is 0 Å². The number of esters is 1. The first kappa shape index (κ1) is 19.0. The summed E-state index contributed by atoms with van der Waals surface area (Å²) in [6.45, 7) is 1.55. The molecule has 3 rings (SSSR count). The Morgan fingerprint density at radius 2 is 2.11 bits per heavy atom. The minimum atomic E-state index is -1.01. The lowest BCUT2D eigenvalue weighted by molar-refractivity contribution is -0.148. The van der Waals surface area contributed by atoms with Crippen LogP contribution in [0.4, 0.5) is 5.82 Å². The maximum Gasteiger partial charge on any atom is 0.331 e. The minimum Gasteiger partial charge on any atom is -0.454 e. The lowest BCUT2D eigenvalue weighted by Crippen LogP contribution is -2.29. The van der Waals surface area contributed by atoms with Crippen molar-refractivity contribution in [3.63, 3.8) is 0 Å². The van der Waals surface area contributed by atoms with Crippen LogP contribution in [-0.4, -0.2) is 29.8 Å². The molecule has 2 aromatic rings. The summed E-state index contributed by atoms with van der Waals surface area (Å²) in [5.74, 6) is 0.0715. The number of nitrogens with one attached hydrogen (secondary N) is 1. The highest BCUT2D eigenvalue weighted by Gasteiger charge is 2.19. The third-order valence-electron chi connectivity index (χ3n) is 3.50. The van der Waals surface area contributed by atoms with E-state index in [4.69, 9.17) is 37.4 Å². The number of ether oxygens (including phenoxy) is 3. The Kier molecular flexibility index (Phi) is 5.83. The number of hydrogen-bond acceptors (Lipinski definition) is 6. The van der Waals surface area contributed by atoms with Gasteiger partial charge in [-0.1, -0.05) is 23.2 Å². The Balaban J connectivity index is 1.56. The zero-order chi connectivity index (χ0) is 19.4. The molecule has 9 heteroatoms. The van der Waals surface area contributed by atoms with E-state index in [1.165, 1.54) is 31.3 Å². The fourth-order valence-electron chi connectivity index (χ4n) is 2.19. The van der Waals surface area contributed by atoms with E-state index in [0.717, 1.165) is 0 Å². The minimum absolute atomic E-state index is 0.0966. The summed E-state index contributed by atoms with van der Waals surface area (Å²) in [7, 11) is 0. The molecule has 0 aliphatic carbocycles.